The number of hydrogen-bond donors (Lipinski definition) is 0. The summed E-state index contributed by atoms with van der Waals surface area (Å²) < 4.78 is 2.46. The number of benzene rings is 6. The van der Waals surface area contributed by atoms with Crippen molar-refractivity contribution < 1.29 is 0 Å². The Hall–Kier alpha value is -5.28. The van der Waals surface area contributed by atoms with Crippen LogP contribution in [0.15, 0.2) is 133 Å². The van der Waals surface area contributed by atoms with Crippen molar-refractivity contribution in [3.8, 4) is 0 Å². The maximum atomic E-state index is 2.46. The number of nitrogens with zero attached hydrogens (tertiary/aromatic N) is 3. The van der Waals surface area contributed by atoms with Gasteiger partial charge in [0.25, 0.3) is 0 Å². The molecule has 1 heterocycles. The highest BCUT2D eigenvalue weighted by Crippen LogP contribution is 2.41. The van der Waals surface area contributed by atoms with E-state index in [4.69, 9.17) is 0 Å². The third-order valence-corrected chi connectivity index (χ3v) is 8.84. The summed E-state index contributed by atoms with van der Waals surface area (Å²) in [6, 6.07) is 49.1. The van der Waals surface area contributed by atoms with Crippen molar-refractivity contribution in [2.24, 2.45) is 0 Å². The first-order valence-corrected chi connectivity index (χ1v) is 15.8. The summed E-state index contributed by atoms with van der Waals surface area (Å²) in [5.41, 5.74) is 14.4. The van der Waals surface area contributed by atoms with Gasteiger partial charge in [0.1, 0.15) is 0 Å². The normalized spacial score (nSPS) is 11.3. The van der Waals surface area contributed by atoms with Gasteiger partial charge in [-0.2, -0.15) is 0 Å². The second-order valence-corrected chi connectivity index (χ2v) is 12.2. The molecule has 0 fully saturated rings. The molecule has 3 nitrogen and oxygen atoms in total. The maximum Gasteiger partial charge on any atom is 0.0512 e. The van der Waals surface area contributed by atoms with Crippen LogP contribution < -0.4 is 9.80 Å². The summed E-state index contributed by atoms with van der Waals surface area (Å²) in [5, 5.41) is 2.54. The molecule has 0 saturated carbocycles. The van der Waals surface area contributed by atoms with E-state index in [1.165, 1.54) is 44.1 Å². The van der Waals surface area contributed by atoms with E-state index >= 15 is 0 Å². The fraction of sp³-hybridized carbons (Fsp3) is 0.143. The average molecular weight is 586 g/mol. The van der Waals surface area contributed by atoms with Gasteiger partial charge in [0.15, 0.2) is 0 Å². The monoisotopic (exact) mass is 585 g/mol. The van der Waals surface area contributed by atoms with Gasteiger partial charge in [0, 0.05) is 51.4 Å². The zero-order valence-electron chi connectivity index (χ0n) is 26.8. The van der Waals surface area contributed by atoms with E-state index in [1.54, 1.807) is 0 Å². The Labute approximate surface area is 266 Å². The number of anilines is 6. The Bertz CT molecular complexity index is 1860. The second kappa shape index (κ2) is 11.7. The number of aromatic nitrogens is 1. The van der Waals surface area contributed by atoms with E-state index in [0.29, 0.717) is 0 Å². The lowest BCUT2D eigenvalue weighted by atomic mass is 10.1. The third-order valence-electron chi connectivity index (χ3n) is 8.84. The lowest BCUT2D eigenvalue weighted by Crippen LogP contribution is -2.10. The molecule has 7 rings (SSSR count). The molecule has 0 spiro atoms. The fourth-order valence-corrected chi connectivity index (χ4v) is 6.36. The summed E-state index contributed by atoms with van der Waals surface area (Å²) in [5.74, 6) is 0. The highest BCUT2D eigenvalue weighted by molar-refractivity contribution is 6.10. The number of fused-ring (bicyclic) bond motifs is 3. The van der Waals surface area contributed by atoms with E-state index in [-0.39, 0.29) is 0 Å². The molecule has 45 heavy (non-hydrogen) atoms. The zero-order chi connectivity index (χ0) is 31.1. The topological polar surface area (TPSA) is 11.4 Å². The molecular weight excluding hydrogens is 546 g/mol. The van der Waals surface area contributed by atoms with E-state index < -0.39 is 0 Å². The van der Waals surface area contributed by atoms with E-state index in [1.807, 2.05) is 0 Å². The molecule has 6 aromatic carbocycles. The summed E-state index contributed by atoms with van der Waals surface area (Å²) in [6.07, 6.45) is 0. The van der Waals surface area contributed by atoms with E-state index in [0.717, 1.165) is 40.7 Å². The number of rotatable bonds is 7. The van der Waals surface area contributed by atoms with Gasteiger partial charge in [-0.15, -0.1) is 0 Å². The molecule has 7 aromatic rings. The van der Waals surface area contributed by atoms with Crippen molar-refractivity contribution in [1.29, 1.82) is 0 Å². The first-order chi connectivity index (χ1) is 21.9. The Morgan fingerprint density at radius 2 is 0.644 bits per heavy atom. The average Bonchev–Trinajstić information content (AvgIpc) is 3.37. The van der Waals surface area contributed by atoms with Crippen LogP contribution in [-0.4, -0.2) is 4.57 Å². The Balaban J connectivity index is 1.40. The van der Waals surface area contributed by atoms with Crippen LogP contribution in [0.2, 0.25) is 0 Å². The minimum absolute atomic E-state index is 0.872. The lowest BCUT2D eigenvalue weighted by molar-refractivity contribution is 0.827. The Kier molecular flexibility index (Phi) is 7.39. The molecule has 0 radical (unpaired) electrons. The molecule has 0 aliphatic carbocycles. The lowest BCUT2D eigenvalue weighted by Gasteiger charge is -2.26. The molecular formula is C42H39N3. The minimum Gasteiger partial charge on any atom is -0.341 e. The Morgan fingerprint density at radius 1 is 0.378 bits per heavy atom. The molecule has 1 aromatic heterocycles. The van der Waals surface area contributed by atoms with Crippen LogP contribution >= 0.6 is 0 Å². The molecule has 0 saturated heterocycles. The highest BCUT2D eigenvalue weighted by Gasteiger charge is 2.19. The van der Waals surface area contributed by atoms with Crippen LogP contribution in [0.5, 0.6) is 0 Å². The molecule has 3 heteroatoms. The second-order valence-electron chi connectivity index (χ2n) is 12.2. The van der Waals surface area contributed by atoms with Crippen molar-refractivity contribution in [2.75, 3.05) is 9.80 Å². The van der Waals surface area contributed by atoms with Crippen molar-refractivity contribution >= 4 is 55.9 Å². The third kappa shape index (κ3) is 5.36. The number of aryl methyl sites for hydroxylation is 5. The molecule has 222 valence electrons. The predicted molar refractivity (Wildman–Crippen MR) is 193 cm³/mol. The fourth-order valence-electron chi connectivity index (χ4n) is 6.36. The van der Waals surface area contributed by atoms with E-state index in [9.17, 15) is 0 Å². The van der Waals surface area contributed by atoms with Gasteiger partial charge in [-0.05, 0) is 107 Å². The van der Waals surface area contributed by atoms with Crippen molar-refractivity contribution in [3.63, 3.8) is 0 Å². The smallest absolute Gasteiger partial charge is 0.0512 e. The quantitative estimate of drug-likeness (QED) is 0.184. The van der Waals surface area contributed by atoms with Gasteiger partial charge in [0.2, 0.25) is 0 Å². The minimum atomic E-state index is 0.872. The van der Waals surface area contributed by atoms with Crippen LogP contribution in [0.25, 0.3) is 21.8 Å². The van der Waals surface area contributed by atoms with Gasteiger partial charge >= 0.3 is 0 Å². The molecule has 0 N–H and O–H groups in total. The molecule has 0 aliphatic heterocycles. The van der Waals surface area contributed by atoms with E-state index in [2.05, 4.69) is 182 Å². The zero-order valence-corrected chi connectivity index (χ0v) is 26.8. The van der Waals surface area contributed by atoms with Crippen LogP contribution in [0.3, 0.4) is 0 Å². The summed E-state index contributed by atoms with van der Waals surface area (Å²) in [7, 11) is 0. The molecule has 0 unspecified atom stereocenters. The van der Waals surface area contributed by atoms with Crippen LogP contribution in [0, 0.1) is 27.7 Å². The van der Waals surface area contributed by atoms with Gasteiger partial charge in [-0.3, -0.25) is 0 Å². The van der Waals surface area contributed by atoms with Gasteiger partial charge in [0.05, 0.1) is 11.0 Å². The molecule has 0 atom stereocenters. The Morgan fingerprint density at radius 3 is 0.911 bits per heavy atom. The van der Waals surface area contributed by atoms with Crippen LogP contribution in [-0.2, 0) is 6.54 Å². The standard InChI is InChI=1S/C42H39N3/c1-6-43-41-27-37(44(33-15-7-29(2)8-16-33)34-17-9-30(3)10-18-34)23-25-39(41)40-26-24-38(28-42(40)43)45(35-19-11-31(4)12-20-35)36-21-13-32(5)14-22-36/h7-28H,6H2,1-5H3. The molecule has 0 bridgehead atoms. The first kappa shape index (κ1) is 28.5. The first-order valence-electron chi connectivity index (χ1n) is 15.8. The summed E-state index contributed by atoms with van der Waals surface area (Å²) in [6.45, 7) is 11.7. The molecule has 0 aliphatic rings. The predicted octanol–water partition coefficient (Wildman–Crippen LogP) is 12.0. The maximum absolute atomic E-state index is 2.46. The van der Waals surface area contributed by atoms with Crippen LogP contribution in [0.1, 0.15) is 29.2 Å². The van der Waals surface area contributed by atoms with Crippen molar-refractivity contribution in [3.05, 3.63) is 156 Å². The summed E-state index contributed by atoms with van der Waals surface area (Å²) >= 11 is 0. The van der Waals surface area contributed by atoms with Gasteiger partial charge < -0.3 is 14.4 Å². The van der Waals surface area contributed by atoms with Gasteiger partial charge in [-0.1, -0.05) is 82.9 Å². The van der Waals surface area contributed by atoms with Crippen molar-refractivity contribution in [2.45, 2.75) is 41.2 Å². The summed E-state index contributed by atoms with van der Waals surface area (Å²) in [4.78, 5) is 4.72. The SMILES string of the molecule is CCn1c2cc(N(c3ccc(C)cc3)c3ccc(C)cc3)ccc2c2ccc(N(c3ccc(C)cc3)c3ccc(C)cc3)cc21. The van der Waals surface area contributed by atoms with Gasteiger partial charge in [-0.25, -0.2) is 0 Å². The van der Waals surface area contributed by atoms with Crippen molar-refractivity contribution in [1.82, 2.24) is 4.57 Å². The highest BCUT2D eigenvalue weighted by atomic mass is 15.2. The van der Waals surface area contributed by atoms with Crippen LogP contribution in [0.4, 0.5) is 34.1 Å². The molecule has 0 amide bonds. The number of hydrogen-bond acceptors (Lipinski definition) is 2. The largest absolute Gasteiger partial charge is 0.341 e.